The van der Waals surface area contributed by atoms with Gasteiger partial charge in [-0.3, -0.25) is 4.72 Å². The number of carbonyl (C=O) groups is 1. The molecule has 0 saturated carbocycles. The molecule has 2 rings (SSSR count). The average Bonchev–Trinajstić information content (AvgIpc) is 2.66. The molecule has 0 aliphatic rings. The Hall–Kier alpha value is -2.34. The van der Waals surface area contributed by atoms with Gasteiger partial charge in [0.2, 0.25) is 0 Å². The summed E-state index contributed by atoms with van der Waals surface area (Å²) in [5.41, 5.74) is 3.38. The second-order valence-electron chi connectivity index (χ2n) is 8.40. The van der Waals surface area contributed by atoms with Crippen molar-refractivity contribution in [2.75, 3.05) is 11.3 Å². The number of nitrogens with one attached hydrogen (secondary N) is 1. The highest BCUT2D eigenvalue weighted by molar-refractivity contribution is 7.92. The van der Waals surface area contributed by atoms with Crippen molar-refractivity contribution in [2.45, 2.75) is 71.1 Å². The Morgan fingerprint density at radius 3 is 1.97 bits per heavy atom. The minimum absolute atomic E-state index is 0.0404. The van der Waals surface area contributed by atoms with E-state index in [1.807, 2.05) is 39.8 Å². The smallest absolute Gasteiger partial charge is 0.338 e. The molecule has 0 unspecified atom stereocenters. The number of hydrogen-bond donors (Lipinski definition) is 1. The maximum absolute atomic E-state index is 13.5. The predicted molar refractivity (Wildman–Crippen MR) is 122 cm³/mol. The van der Waals surface area contributed by atoms with Crippen LogP contribution in [0.4, 0.5) is 5.69 Å². The van der Waals surface area contributed by atoms with Gasteiger partial charge in [0, 0.05) is 5.69 Å². The summed E-state index contributed by atoms with van der Waals surface area (Å²) in [6.45, 7) is 14.2. The molecule has 1 N–H and O–H groups in total. The summed E-state index contributed by atoms with van der Waals surface area (Å²) in [5, 5.41) is 0. The lowest BCUT2D eigenvalue weighted by Gasteiger charge is -2.23. The molecule has 0 heterocycles. The minimum Gasteiger partial charge on any atom is -0.462 e. The van der Waals surface area contributed by atoms with Crippen LogP contribution >= 0.6 is 0 Å². The normalized spacial score (nSPS) is 11.9. The molecule has 30 heavy (non-hydrogen) atoms. The Balaban J connectivity index is 2.59. The van der Waals surface area contributed by atoms with Crippen molar-refractivity contribution in [2.24, 2.45) is 0 Å². The molecule has 5 nitrogen and oxygen atoms in total. The van der Waals surface area contributed by atoms with Crippen LogP contribution in [0.15, 0.2) is 41.3 Å². The Morgan fingerprint density at radius 2 is 1.50 bits per heavy atom. The maximum Gasteiger partial charge on any atom is 0.338 e. The van der Waals surface area contributed by atoms with Crippen LogP contribution < -0.4 is 4.72 Å². The van der Waals surface area contributed by atoms with Gasteiger partial charge in [-0.05, 0) is 59.6 Å². The second kappa shape index (κ2) is 9.65. The first-order valence-corrected chi connectivity index (χ1v) is 11.9. The molecule has 0 fully saturated rings. The highest BCUT2D eigenvalue weighted by atomic mass is 32.2. The summed E-state index contributed by atoms with van der Waals surface area (Å²) >= 11 is 0. The Morgan fingerprint density at radius 1 is 0.933 bits per heavy atom. The summed E-state index contributed by atoms with van der Waals surface area (Å²) in [6, 6.07) is 10.4. The van der Waals surface area contributed by atoms with E-state index in [2.05, 4.69) is 18.6 Å². The van der Waals surface area contributed by atoms with Crippen LogP contribution in [-0.2, 0) is 14.8 Å². The number of hydrogen-bond acceptors (Lipinski definition) is 4. The molecule has 0 spiro atoms. The van der Waals surface area contributed by atoms with Crippen molar-refractivity contribution >= 4 is 21.7 Å². The van der Waals surface area contributed by atoms with Crippen LogP contribution in [0.2, 0.25) is 0 Å². The van der Waals surface area contributed by atoms with Gasteiger partial charge in [-0.25, -0.2) is 13.2 Å². The molecule has 0 atom stereocenters. The zero-order chi connectivity index (χ0) is 22.6. The molecule has 6 heteroatoms. The lowest BCUT2D eigenvalue weighted by Crippen LogP contribution is -2.19. The van der Waals surface area contributed by atoms with Crippen LogP contribution in [0.3, 0.4) is 0 Å². The van der Waals surface area contributed by atoms with E-state index in [9.17, 15) is 13.2 Å². The van der Waals surface area contributed by atoms with Gasteiger partial charge in [0.05, 0.1) is 17.1 Å². The zero-order valence-corrected chi connectivity index (χ0v) is 19.8. The van der Waals surface area contributed by atoms with Crippen molar-refractivity contribution < 1.29 is 17.9 Å². The first kappa shape index (κ1) is 23.9. The van der Waals surface area contributed by atoms with Gasteiger partial charge in [-0.2, -0.15) is 0 Å². The van der Waals surface area contributed by atoms with E-state index in [4.69, 9.17) is 4.74 Å². The molecular formula is C24H33NO4S. The molecular weight excluding hydrogens is 398 g/mol. The fourth-order valence-corrected chi connectivity index (χ4v) is 5.08. The Kier molecular flexibility index (Phi) is 7.70. The van der Waals surface area contributed by atoms with Gasteiger partial charge < -0.3 is 4.74 Å². The van der Waals surface area contributed by atoms with Crippen LogP contribution in [0.1, 0.15) is 93.3 Å². The van der Waals surface area contributed by atoms with Crippen molar-refractivity contribution in [1.82, 2.24) is 0 Å². The summed E-state index contributed by atoms with van der Waals surface area (Å²) < 4.78 is 34.7. The van der Waals surface area contributed by atoms with Gasteiger partial charge in [0.15, 0.2) is 0 Å². The van der Waals surface area contributed by atoms with E-state index in [0.717, 1.165) is 16.7 Å². The maximum atomic E-state index is 13.5. The van der Waals surface area contributed by atoms with Crippen LogP contribution in [0.25, 0.3) is 0 Å². The molecule has 2 aromatic carbocycles. The minimum atomic E-state index is -3.86. The number of benzene rings is 2. The highest BCUT2D eigenvalue weighted by Gasteiger charge is 2.27. The predicted octanol–water partition coefficient (Wildman–Crippen LogP) is 6.03. The number of ether oxygens (including phenoxy) is 1. The molecule has 2 aromatic rings. The van der Waals surface area contributed by atoms with E-state index < -0.39 is 16.0 Å². The number of anilines is 1. The third kappa shape index (κ3) is 5.42. The molecule has 0 aliphatic carbocycles. The van der Waals surface area contributed by atoms with Gasteiger partial charge >= 0.3 is 5.97 Å². The van der Waals surface area contributed by atoms with Crippen molar-refractivity contribution in [1.29, 1.82) is 0 Å². The molecule has 0 saturated heterocycles. The lowest BCUT2D eigenvalue weighted by molar-refractivity contribution is 0.0526. The lowest BCUT2D eigenvalue weighted by atomic mass is 9.89. The summed E-state index contributed by atoms with van der Waals surface area (Å²) in [5.74, 6) is -0.103. The third-order valence-electron chi connectivity index (χ3n) is 4.97. The summed E-state index contributed by atoms with van der Waals surface area (Å²) in [7, 11) is -3.86. The van der Waals surface area contributed by atoms with Crippen molar-refractivity contribution in [3.8, 4) is 0 Å². The van der Waals surface area contributed by atoms with Crippen LogP contribution in [-0.4, -0.2) is 21.0 Å². The number of esters is 1. The number of rotatable bonds is 8. The standard InChI is InChI=1S/C24H33NO4S/c1-8-29-24(26)18-10-9-11-20(12-18)25-30(27,28)23-21(16(4)5)13-19(15(2)3)14-22(23)17(6)7/h9-17,25H,8H2,1-7H3. The average molecular weight is 432 g/mol. The molecule has 164 valence electrons. The third-order valence-corrected chi connectivity index (χ3v) is 6.49. The Bertz CT molecular complexity index is 979. The summed E-state index contributed by atoms with van der Waals surface area (Å²) in [4.78, 5) is 12.4. The second-order valence-corrected chi connectivity index (χ2v) is 10.0. The van der Waals surface area contributed by atoms with Gasteiger partial charge in [-0.1, -0.05) is 59.7 Å². The molecule has 0 aliphatic heterocycles. The van der Waals surface area contributed by atoms with E-state index in [0.29, 0.717) is 22.1 Å². The van der Waals surface area contributed by atoms with Crippen molar-refractivity contribution in [3.63, 3.8) is 0 Å². The highest BCUT2D eigenvalue weighted by Crippen LogP contribution is 2.36. The monoisotopic (exact) mass is 431 g/mol. The Labute approximate surface area is 180 Å². The first-order chi connectivity index (χ1) is 14.0. The van der Waals surface area contributed by atoms with Gasteiger partial charge in [0.1, 0.15) is 0 Å². The largest absolute Gasteiger partial charge is 0.462 e. The summed E-state index contributed by atoms with van der Waals surface area (Å²) in [6.07, 6.45) is 0. The van der Waals surface area contributed by atoms with E-state index >= 15 is 0 Å². The zero-order valence-electron chi connectivity index (χ0n) is 18.9. The van der Waals surface area contributed by atoms with Gasteiger partial charge in [0.25, 0.3) is 10.0 Å². The van der Waals surface area contributed by atoms with Crippen LogP contribution in [0.5, 0.6) is 0 Å². The van der Waals surface area contributed by atoms with E-state index in [-0.39, 0.29) is 18.4 Å². The van der Waals surface area contributed by atoms with E-state index in [1.165, 1.54) is 6.07 Å². The van der Waals surface area contributed by atoms with Gasteiger partial charge in [-0.15, -0.1) is 0 Å². The quantitative estimate of drug-likeness (QED) is 0.518. The first-order valence-electron chi connectivity index (χ1n) is 10.5. The fourth-order valence-electron chi connectivity index (χ4n) is 3.33. The molecule has 0 bridgehead atoms. The molecule has 0 radical (unpaired) electrons. The fraction of sp³-hybridized carbons (Fsp3) is 0.458. The SMILES string of the molecule is CCOC(=O)c1cccc(NS(=O)(=O)c2c(C(C)C)cc(C(C)C)cc2C(C)C)c1. The molecule has 0 amide bonds. The van der Waals surface area contributed by atoms with E-state index in [1.54, 1.807) is 25.1 Å². The molecule has 0 aromatic heterocycles. The van der Waals surface area contributed by atoms with Crippen molar-refractivity contribution in [3.05, 3.63) is 58.7 Å². The topological polar surface area (TPSA) is 72.5 Å². The number of carbonyl (C=O) groups excluding carboxylic acids is 1. The number of sulfonamides is 1. The van der Waals surface area contributed by atoms with Crippen LogP contribution in [0, 0.1) is 0 Å².